The molecule has 2 saturated heterocycles. The van der Waals surface area contributed by atoms with Crippen LogP contribution in [0.15, 0.2) is 47.7 Å². The predicted molar refractivity (Wildman–Crippen MR) is 110 cm³/mol. The lowest BCUT2D eigenvalue weighted by Gasteiger charge is -2.33. The third kappa shape index (κ3) is 3.90. The smallest absolute Gasteiger partial charge is 0.269 e. The highest BCUT2D eigenvalue weighted by molar-refractivity contribution is 5.43. The highest BCUT2D eigenvalue weighted by Crippen LogP contribution is 2.22. The van der Waals surface area contributed by atoms with Crippen molar-refractivity contribution < 1.29 is 4.74 Å². The number of anilines is 1. The Bertz CT molecular complexity index is 1010. The molecule has 1 atom stereocenters. The number of nitrogens with zero attached hydrogens (tertiary/aromatic N) is 6. The number of likely N-dealkylation sites (tertiary alicyclic amines) is 1. The molecule has 0 amide bonds. The maximum absolute atomic E-state index is 12.8. The molecule has 5 rings (SSSR count). The number of fused-ring (bicyclic) bond motifs is 1. The van der Waals surface area contributed by atoms with Gasteiger partial charge in [-0.25, -0.2) is 9.67 Å². The molecule has 0 radical (unpaired) electrons. The molecule has 2 fully saturated rings. The maximum atomic E-state index is 12.8. The zero-order chi connectivity index (χ0) is 19.6. The molecular weight excluding hydrogens is 368 g/mol. The molecule has 0 saturated carbocycles. The summed E-state index contributed by atoms with van der Waals surface area (Å²) in [5.74, 6) is 0. The number of morpholine rings is 1. The van der Waals surface area contributed by atoms with Gasteiger partial charge >= 0.3 is 0 Å². The van der Waals surface area contributed by atoms with E-state index in [4.69, 9.17) is 9.72 Å². The highest BCUT2D eigenvalue weighted by Gasteiger charge is 2.24. The zero-order valence-corrected chi connectivity index (χ0v) is 16.5. The van der Waals surface area contributed by atoms with E-state index in [9.17, 15) is 4.79 Å². The molecule has 0 aliphatic carbocycles. The van der Waals surface area contributed by atoms with Gasteiger partial charge in [0.15, 0.2) is 0 Å². The van der Waals surface area contributed by atoms with Crippen molar-refractivity contribution in [1.29, 1.82) is 0 Å². The second-order valence-electron chi connectivity index (χ2n) is 7.83. The summed E-state index contributed by atoms with van der Waals surface area (Å²) in [6, 6.07) is 7.85. The van der Waals surface area contributed by atoms with Gasteiger partial charge in [-0.3, -0.25) is 9.69 Å². The van der Waals surface area contributed by atoms with Crippen molar-refractivity contribution in [3.8, 4) is 0 Å². The normalized spacial score (nSPS) is 21.0. The fourth-order valence-corrected chi connectivity index (χ4v) is 4.34. The average molecular weight is 394 g/mol. The number of rotatable bonds is 4. The van der Waals surface area contributed by atoms with Crippen molar-refractivity contribution in [3.05, 3.63) is 58.9 Å². The van der Waals surface area contributed by atoms with Crippen LogP contribution in [0, 0.1) is 0 Å². The summed E-state index contributed by atoms with van der Waals surface area (Å²) >= 11 is 0. The van der Waals surface area contributed by atoms with Gasteiger partial charge in [-0.05, 0) is 31.5 Å². The molecule has 8 heteroatoms. The summed E-state index contributed by atoms with van der Waals surface area (Å²) in [5, 5.41) is 4.53. The van der Waals surface area contributed by atoms with Gasteiger partial charge in [0, 0.05) is 44.6 Å². The van der Waals surface area contributed by atoms with Crippen LogP contribution in [0.2, 0.25) is 0 Å². The summed E-state index contributed by atoms with van der Waals surface area (Å²) in [6.07, 6.45) is 7.96. The average Bonchev–Trinajstić information content (AvgIpc) is 3.17. The SMILES string of the molecule is O=c1cc(N2CCOCC2)cnn1[C@H]1CCCN(Cc2cn3ccccc3n2)C1. The molecule has 3 aromatic heterocycles. The number of ether oxygens (including phenoxy) is 1. The third-order valence-corrected chi connectivity index (χ3v) is 5.81. The van der Waals surface area contributed by atoms with Crippen molar-refractivity contribution in [1.82, 2.24) is 24.1 Å². The van der Waals surface area contributed by atoms with Gasteiger partial charge in [0.25, 0.3) is 5.56 Å². The van der Waals surface area contributed by atoms with Gasteiger partial charge in [-0.2, -0.15) is 5.10 Å². The van der Waals surface area contributed by atoms with Crippen LogP contribution in [0.5, 0.6) is 0 Å². The molecule has 2 aliphatic heterocycles. The van der Waals surface area contributed by atoms with Crippen LogP contribution in [0.3, 0.4) is 0 Å². The Morgan fingerprint density at radius 3 is 2.90 bits per heavy atom. The van der Waals surface area contributed by atoms with E-state index in [0.717, 1.165) is 62.6 Å². The molecule has 0 spiro atoms. The Morgan fingerprint density at radius 1 is 1.17 bits per heavy atom. The summed E-state index contributed by atoms with van der Waals surface area (Å²) in [4.78, 5) is 22.0. The van der Waals surface area contributed by atoms with Crippen LogP contribution in [0.25, 0.3) is 5.65 Å². The first-order chi connectivity index (χ1) is 14.3. The van der Waals surface area contributed by atoms with Gasteiger partial charge in [-0.15, -0.1) is 0 Å². The molecule has 0 unspecified atom stereocenters. The highest BCUT2D eigenvalue weighted by atomic mass is 16.5. The Balaban J connectivity index is 1.29. The number of aromatic nitrogens is 4. The molecule has 0 bridgehead atoms. The summed E-state index contributed by atoms with van der Waals surface area (Å²) in [5.41, 5.74) is 2.90. The van der Waals surface area contributed by atoms with E-state index in [1.165, 1.54) is 0 Å². The van der Waals surface area contributed by atoms with Crippen LogP contribution in [0.1, 0.15) is 24.6 Å². The summed E-state index contributed by atoms with van der Waals surface area (Å²) in [7, 11) is 0. The van der Waals surface area contributed by atoms with Gasteiger partial charge < -0.3 is 14.0 Å². The van der Waals surface area contributed by atoms with Crippen molar-refractivity contribution in [3.63, 3.8) is 0 Å². The first-order valence-corrected chi connectivity index (χ1v) is 10.3. The molecule has 152 valence electrons. The lowest BCUT2D eigenvalue weighted by molar-refractivity contribution is 0.122. The molecule has 3 aromatic rings. The van der Waals surface area contributed by atoms with E-state index in [2.05, 4.69) is 21.1 Å². The van der Waals surface area contributed by atoms with Crippen molar-refractivity contribution in [2.75, 3.05) is 44.3 Å². The van der Waals surface area contributed by atoms with Crippen LogP contribution in [0.4, 0.5) is 5.69 Å². The quantitative estimate of drug-likeness (QED) is 0.669. The van der Waals surface area contributed by atoms with Crippen LogP contribution in [-0.4, -0.2) is 63.5 Å². The Hall–Kier alpha value is -2.71. The Morgan fingerprint density at radius 2 is 2.07 bits per heavy atom. The van der Waals surface area contributed by atoms with E-state index in [-0.39, 0.29) is 11.6 Å². The lowest BCUT2D eigenvalue weighted by Crippen LogP contribution is -2.41. The van der Waals surface area contributed by atoms with E-state index < -0.39 is 0 Å². The van der Waals surface area contributed by atoms with E-state index in [1.807, 2.05) is 35.0 Å². The zero-order valence-electron chi connectivity index (χ0n) is 16.5. The van der Waals surface area contributed by atoms with Crippen molar-refractivity contribution >= 4 is 11.3 Å². The third-order valence-electron chi connectivity index (χ3n) is 5.81. The minimum absolute atomic E-state index is 0.0198. The number of imidazole rings is 1. The monoisotopic (exact) mass is 394 g/mol. The number of hydrogen-bond donors (Lipinski definition) is 0. The molecule has 0 N–H and O–H groups in total. The van der Waals surface area contributed by atoms with E-state index in [1.54, 1.807) is 10.7 Å². The Labute approximate surface area is 169 Å². The fourth-order valence-electron chi connectivity index (χ4n) is 4.34. The number of pyridine rings is 1. The largest absolute Gasteiger partial charge is 0.378 e. The van der Waals surface area contributed by atoms with Crippen molar-refractivity contribution in [2.24, 2.45) is 0 Å². The standard InChI is InChI=1S/C21H26N6O2/c28-21-12-19(25-8-10-29-11-9-25)13-22-27(21)18-4-3-6-24(16-18)14-17-15-26-7-2-1-5-20(26)23-17/h1-2,5,7,12-13,15,18H,3-4,6,8-11,14,16H2/t18-/m0/s1. The van der Waals surface area contributed by atoms with Crippen molar-refractivity contribution in [2.45, 2.75) is 25.4 Å². The molecular formula is C21H26N6O2. The van der Waals surface area contributed by atoms with Crippen LogP contribution < -0.4 is 10.5 Å². The number of piperidine rings is 1. The van der Waals surface area contributed by atoms with Gasteiger partial charge in [0.2, 0.25) is 0 Å². The van der Waals surface area contributed by atoms with E-state index >= 15 is 0 Å². The second-order valence-corrected chi connectivity index (χ2v) is 7.83. The lowest BCUT2D eigenvalue weighted by atomic mass is 10.1. The number of hydrogen-bond acceptors (Lipinski definition) is 6. The minimum atomic E-state index is -0.0198. The molecule has 5 heterocycles. The minimum Gasteiger partial charge on any atom is -0.378 e. The molecule has 8 nitrogen and oxygen atoms in total. The fraction of sp³-hybridized carbons (Fsp3) is 0.476. The maximum Gasteiger partial charge on any atom is 0.269 e. The molecule has 2 aliphatic rings. The first-order valence-electron chi connectivity index (χ1n) is 10.3. The van der Waals surface area contributed by atoms with Gasteiger partial charge in [0.1, 0.15) is 5.65 Å². The second kappa shape index (κ2) is 7.96. The summed E-state index contributed by atoms with van der Waals surface area (Å²) in [6.45, 7) is 5.64. The van der Waals surface area contributed by atoms with E-state index in [0.29, 0.717) is 13.2 Å². The van der Waals surface area contributed by atoms with Gasteiger partial charge in [0.05, 0.1) is 36.8 Å². The Kier molecular flexibility index (Phi) is 5.03. The van der Waals surface area contributed by atoms with Crippen LogP contribution >= 0.6 is 0 Å². The molecule has 0 aromatic carbocycles. The topological polar surface area (TPSA) is 67.9 Å². The first kappa shape index (κ1) is 18.3. The predicted octanol–water partition coefficient (Wildman–Crippen LogP) is 1.56. The van der Waals surface area contributed by atoms with Crippen LogP contribution in [-0.2, 0) is 11.3 Å². The summed E-state index contributed by atoms with van der Waals surface area (Å²) < 4.78 is 9.11. The molecule has 29 heavy (non-hydrogen) atoms. The van der Waals surface area contributed by atoms with Gasteiger partial charge in [-0.1, -0.05) is 6.07 Å².